The Labute approximate surface area is 144 Å². The summed E-state index contributed by atoms with van der Waals surface area (Å²) in [7, 11) is 0. The molecule has 1 saturated carbocycles. The first-order valence-electron chi connectivity index (χ1n) is 8.51. The summed E-state index contributed by atoms with van der Waals surface area (Å²) in [4.78, 5) is 12.9. The fraction of sp³-hybridized carbons (Fsp3) is 0.200. The first-order chi connectivity index (χ1) is 12.3. The largest absolute Gasteiger partial charge is 0.461 e. The van der Waals surface area contributed by atoms with Gasteiger partial charge in [-0.3, -0.25) is 4.57 Å². The fourth-order valence-corrected chi connectivity index (χ4v) is 3.35. The average molecular weight is 331 g/mol. The minimum Gasteiger partial charge on any atom is -0.461 e. The lowest BCUT2D eigenvalue weighted by atomic mass is 10.0. The molecule has 124 valence electrons. The summed E-state index contributed by atoms with van der Waals surface area (Å²) in [6.45, 7) is 0.452. The Hall–Kier alpha value is -3.08. The van der Waals surface area contributed by atoms with Crippen LogP contribution in [-0.2, 0) is 6.54 Å². The minimum atomic E-state index is -0.0677. The van der Waals surface area contributed by atoms with E-state index in [0.717, 1.165) is 23.8 Å². The lowest BCUT2D eigenvalue weighted by molar-refractivity contribution is 0.568. The van der Waals surface area contributed by atoms with Crippen molar-refractivity contribution in [3.63, 3.8) is 0 Å². The van der Waals surface area contributed by atoms with E-state index < -0.39 is 0 Å². The number of nitrogens with zero attached hydrogens (tertiary/aromatic N) is 3. The average Bonchev–Trinajstić information content (AvgIpc) is 3.22. The van der Waals surface area contributed by atoms with E-state index in [-0.39, 0.29) is 11.7 Å². The number of furan rings is 1. The summed E-state index contributed by atoms with van der Waals surface area (Å²) in [5.41, 5.74) is 1.02. The zero-order chi connectivity index (χ0) is 16.8. The van der Waals surface area contributed by atoms with Gasteiger partial charge in [0.1, 0.15) is 0 Å². The number of rotatable bonds is 4. The molecule has 0 bridgehead atoms. The predicted molar refractivity (Wildman–Crippen MR) is 95.5 cm³/mol. The van der Waals surface area contributed by atoms with Crippen LogP contribution in [0.2, 0.25) is 0 Å². The van der Waals surface area contributed by atoms with Crippen molar-refractivity contribution in [1.29, 1.82) is 0 Å². The Morgan fingerprint density at radius 1 is 1.04 bits per heavy atom. The topological polar surface area (TPSA) is 53.0 Å². The molecule has 0 N–H and O–H groups in total. The molecular weight excluding hydrogens is 314 g/mol. The van der Waals surface area contributed by atoms with E-state index in [2.05, 4.69) is 29.4 Å². The molecule has 5 rings (SSSR count). The molecule has 0 spiro atoms. The van der Waals surface area contributed by atoms with Crippen molar-refractivity contribution < 1.29 is 4.42 Å². The van der Waals surface area contributed by atoms with E-state index in [0.29, 0.717) is 18.1 Å². The molecule has 5 heteroatoms. The minimum absolute atomic E-state index is 0.0677. The highest BCUT2D eigenvalue weighted by atomic mass is 16.3. The highest BCUT2D eigenvalue weighted by Crippen LogP contribution is 2.36. The summed E-state index contributed by atoms with van der Waals surface area (Å²) >= 11 is 0. The van der Waals surface area contributed by atoms with Crippen LogP contribution in [0.3, 0.4) is 0 Å². The van der Waals surface area contributed by atoms with E-state index in [1.165, 1.54) is 5.39 Å². The lowest BCUT2D eigenvalue weighted by Crippen LogP contribution is -2.25. The second-order valence-corrected chi connectivity index (χ2v) is 6.48. The molecule has 1 fully saturated rings. The van der Waals surface area contributed by atoms with E-state index >= 15 is 0 Å². The molecule has 0 atom stereocenters. The number of fused-ring (bicyclic) bond motifs is 1. The molecule has 0 saturated heterocycles. The Morgan fingerprint density at radius 3 is 2.68 bits per heavy atom. The third-order valence-corrected chi connectivity index (χ3v) is 4.72. The second-order valence-electron chi connectivity index (χ2n) is 6.48. The monoisotopic (exact) mass is 331 g/mol. The van der Waals surface area contributed by atoms with Crippen LogP contribution in [0.15, 0.2) is 70.1 Å². The molecule has 1 aliphatic carbocycles. The molecule has 5 nitrogen and oxygen atoms in total. The van der Waals surface area contributed by atoms with Crippen LogP contribution >= 0.6 is 0 Å². The first kappa shape index (κ1) is 14.3. The van der Waals surface area contributed by atoms with Crippen molar-refractivity contribution in [3.05, 3.63) is 76.9 Å². The van der Waals surface area contributed by atoms with Crippen molar-refractivity contribution in [2.24, 2.45) is 0 Å². The molecule has 1 aliphatic rings. The van der Waals surface area contributed by atoms with Gasteiger partial charge in [0.25, 0.3) is 0 Å². The van der Waals surface area contributed by atoms with Crippen LogP contribution in [0.25, 0.3) is 22.4 Å². The zero-order valence-corrected chi connectivity index (χ0v) is 13.6. The molecular formula is C20H17N3O2. The molecule has 0 aliphatic heterocycles. The van der Waals surface area contributed by atoms with Crippen LogP contribution in [0.1, 0.15) is 24.4 Å². The normalized spacial score (nSPS) is 14.2. The lowest BCUT2D eigenvalue weighted by Gasteiger charge is -2.05. The Bertz CT molecular complexity index is 1100. The van der Waals surface area contributed by atoms with Gasteiger partial charge in [0.2, 0.25) is 5.82 Å². The van der Waals surface area contributed by atoms with Gasteiger partial charge in [-0.05, 0) is 41.3 Å². The van der Waals surface area contributed by atoms with E-state index in [1.54, 1.807) is 15.5 Å². The van der Waals surface area contributed by atoms with Crippen LogP contribution in [0.4, 0.5) is 0 Å². The summed E-state index contributed by atoms with van der Waals surface area (Å²) in [6.07, 6.45) is 3.65. The zero-order valence-electron chi connectivity index (χ0n) is 13.6. The van der Waals surface area contributed by atoms with Crippen molar-refractivity contribution in [3.8, 4) is 11.6 Å². The third kappa shape index (κ3) is 2.39. The number of hydrogen-bond donors (Lipinski definition) is 0. The number of benzene rings is 2. The Kier molecular flexibility index (Phi) is 3.13. The van der Waals surface area contributed by atoms with E-state index in [1.807, 2.05) is 30.3 Å². The molecule has 4 aromatic rings. The molecule has 0 unspecified atom stereocenters. The third-order valence-electron chi connectivity index (χ3n) is 4.72. The van der Waals surface area contributed by atoms with Crippen LogP contribution in [0, 0.1) is 0 Å². The first-order valence-corrected chi connectivity index (χ1v) is 8.51. The van der Waals surface area contributed by atoms with Crippen LogP contribution in [0.5, 0.6) is 0 Å². The van der Waals surface area contributed by atoms with Gasteiger partial charge >= 0.3 is 5.69 Å². The van der Waals surface area contributed by atoms with E-state index in [4.69, 9.17) is 4.42 Å². The maximum Gasteiger partial charge on any atom is 0.346 e. The van der Waals surface area contributed by atoms with Gasteiger partial charge in [0, 0.05) is 6.04 Å². The van der Waals surface area contributed by atoms with Gasteiger partial charge in [-0.25, -0.2) is 9.48 Å². The standard InChI is InChI=1S/C20H17N3O2/c24-20-22(13-15-7-3-6-14-5-1-2-8-17(14)15)21-19(18-9-4-12-25-18)23(20)16-10-11-16/h1-9,12,16H,10-11,13H2. The van der Waals surface area contributed by atoms with E-state index in [9.17, 15) is 4.79 Å². The van der Waals surface area contributed by atoms with Gasteiger partial charge in [-0.15, -0.1) is 5.10 Å². The molecule has 2 heterocycles. The molecule has 2 aromatic carbocycles. The summed E-state index contributed by atoms with van der Waals surface area (Å²) in [6, 6.07) is 18.3. The summed E-state index contributed by atoms with van der Waals surface area (Å²) in [5, 5.41) is 6.91. The fourth-order valence-electron chi connectivity index (χ4n) is 3.35. The quantitative estimate of drug-likeness (QED) is 0.571. The molecule has 25 heavy (non-hydrogen) atoms. The Morgan fingerprint density at radius 2 is 1.88 bits per heavy atom. The number of aromatic nitrogens is 3. The highest BCUT2D eigenvalue weighted by Gasteiger charge is 2.31. The predicted octanol–water partition coefficient (Wildman–Crippen LogP) is 3.84. The van der Waals surface area contributed by atoms with Crippen LogP contribution in [-0.4, -0.2) is 14.3 Å². The van der Waals surface area contributed by atoms with Gasteiger partial charge < -0.3 is 4.42 Å². The van der Waals surface area contributed by atoms with Gasteiger partial charge in [-0.2, -0.15) is 0 Å². The van der Waals surface area contributed by atoms with Gasteiger partial charge in [-0.1, -0.05) is 42.5 Å². The maximum atomic E-state index is 12.9. The second kappa shape index (κ2) is 5.48. The molecule has 0 amide bonds. The Balaban J connectivity index is 1.63. The maximum absolute atomic E-state index is 12.9. The van der Waals surface area contributed by atoms with Crippen molar-refractivity contribution in [1.82, 2.24) is 14.3 Å². The summed E-state index contributed by atoms with van der Waals surface area (Å²) in [5.74, 6) is 1.26. The molecule has 2 aromatic heterocycles. The smallest absolute Gasteiger partial charge is 0.346 e. The highest BCUT2D eigenvalue weighted by molar-refractivity contribution is 5.85. The van der Waals surface area contributed by atoms with Crippen molar-refractivity contribution in [2.75, 3.05) is 0 Å². The number of hydrogen-bond acceptors (Lipinski definition) is 3. The summed E-state index contributed by atoms with van der Waals surface area (Å²) < 4.78 is 8.83. The van der Waals surface area contributed by atoms with Crippen LogP contribution < -0.4 is 5.69 Å². The van der Waals surface area contributed by atoms with Crippen molar-refractivity contribution >= 4 is 10.8 Å². The van der Waals surface area contributed by atoms with Gasteiger partial charge in [0.15, 0.2) is 5.76 Å². The molecule has 0 radical (unpaired) electrons. The van der Waals surface area contributed by atoms with Crippen molar-refractivity contribution in [2.45, 2.75) is 25.4 Å². The van der Waals surface area contributed by atoms with Gasteiger partial charge in [0.05, 0.1) is 12.8 Å². The SMILES string of the molecule is O=c1n(Cc2cccc3ccccc23)nc(-c2ccco2)n1C1CC1.